The van der Waals surface area contributed by atoms with Crippen molar-refractivity contribution in [2.45, 2.75) is 13.8 Å². The maximum Gasteiger partial charge on any atom is 0.344 e. The predicted octanol–water partition coefficient (Wildman–Crippen LogP) is 2.65. The number of anilines is 1. The van der Waals surface area contributed by atoms with Crippen LogP contribution in [0.4, 0.5) is 11.4 Å². The van der Waals surface area contributed by atoms with Crippen molar-refractivity contribution >= 4 is 34.9 Å². The van der Waals surface area contributed by atoms with Gasteiger partial charge in [0.25, 0.3) is 11.6 Å². The van der Waals surface area contributed by atoms with Gasteiger partial charge in [0.05, 0.1) is 10.6 Å². The molecule has 1 aromatic heterocycles. The quantitative estimate of drug-likeness (QED) is 0.497. The van der Waals surface area contributed by atoms with Gasteiger partial charge in [0.2, 0.25) is 0 Å². The lowest BCUT2D eigenvalue weighted by Gasteiger charge is -2.07. The molecule has 10 heteroatoms. The average molecular weight is 354 g/mol. The molecule has 0 unspecified atom stereocenters. The minimum Gasteiger partial charge on any atom is -0.452 e. The van der Waals surface area contributed by atoms with Crippen molar-refractivity contribution < 1.29 is 23.8 Å². The number of halogens is 1. The predicted molar refractivity (Wildman–Crippen MR) is 83.0 cm³/mol. The maximum absolute atomic E-state index is 11.9. The number of hydrogen-bond acceptors (Lipinski definition) is 7. The number of rotatable bonds is 5. The lowest BCUT2D eigenvalue weighted by atomic mass is 10.2. The Morgan fingerprint density at radius 1 is 1.42 bits per heavy atom. The standard InChI is InChI=1S/C14H12ClN3O6/c1-7-13(8(2)24-17-7)14(20)23-6-12(19)16-10-5-9(15)3-4-11(10)18(21)22/h3-5H,6H2,1-2H3,(H,16,19). The summed E-state index contributed by atoms with van der Waals surface area (Å²) in [7, 11) is 0. The molecule has 1 N–H and O–H groups in total. The van der Waals surface area contributed by atoms with Gasteiger partial charge in [0.1, 0.15) is 17.0 Å². The summed E-state index contributed by atoms with van der Waals surface area (Å²) in [4.78, 5) is 34.0. The van der Waals surface area contributed by atoms with Gasteiger partial charge in [0.15, 0.2) is 6.61 Å². The molecule has 1 amide bonds. The van der Waals surface area contributed by atoms with Crippen molar-refractivity contribution in [3.05, 3.63) is 50.4 Å². The molecule has 1 aromatic carbocycles. The molecule has 0 aliphatic rings. The number of hydrogen-bond donors (Lipinski definition) is 1. The van der Waals surface area contributed by atoms with Crippen molar-refractivity contribution in [2.75, 3.05) is 11.9 Å². The highest BCUT2D eigenvalue weighted by Crippen LogP contribution is 2.27. The normalized spacial score (nSPS) is 10.3. The van der Waals surface area contributed by atoms with Gasteiger partial charge in [-0.15, -0.1) is 0 Å². The molecule has 2 rings (SSSR count). The lowest BCUT2D eigenvalue weighted by Crippen LogP contribution is -2.21. The molecule has 126 valence electrons. The van der Waals surface area contributed by atoms with E-state index in [2.05, 4.69) is 10.5 Å². The third-order valence-electron chi connectivity index (χ3n) is 3.00. The number of nitrogens with one attached hydrogen (secondary N) is 1. The van der Waals surface area contributed by atoms with Crippen LogP contribution in [0.15, 0.2) is 22.7 Å². The van der Waals surface area contributed by atoms with E-state index in [-0.39, 0.29) is 27.7 Å². The molecule has 0 bridgehead atoms. The van der Waals surface area contributed by atoms with Gasteiger partial charge in [-0.3, -0.25) is 14.9 Å². The van der Waals surface area contributed by atoms with Crippen molar-refractivity contribution in [3.8, 4) is 0 Å². The lowest BCUT2D eigenvalue weighted by molar-refractivity contribution is -0.383. The third kappa shape index (κ3) is 3.87. The van der Waals surface area contributed by atoms with Crippen molar-refractivity contribution in [1.29, 1.82) is 0 Å². The Kier molecular flexibility index (Phi) is 5.14. The minimum absolute atomic E-state index is 0.0918. The Bertz CT molecular complexity index is 797. The number of aryl methyl sites for hydroxylation is 2. The van der Waals surface area contributed by atoms with Crippen LogP contribution in [-0.2, 0) is 9.53 Å². The van der Waals surface area contributed by atoms with Gasteiger partial charge >= 0.3 is 5.97 Å². The SMILES string of the molecule is Cc1noc(C)c1C(=O)OCC(=O)Nc1cc(Cl)ccc1[N+](=O)[O-]. The second-order valence-electron chi connectivity index (χ2n) is 4.74. The van der Waals surface area contributed by atoms with Crippen LogP contribution in [0.5, 0.6) is 0 Å². The summed E-state index contributed by atoms with van der Waals surface area (Å²) in [6.07, 6.45) is 0. The summed E-state index contributed by atoms with van der Waals surface area (Å²) in [5, 5.41) is 17.0. The van der Waals surface area contributed by atoms with E-state index in [1.807, 2.05) is 0 Å². The number of benzene rings is 1. The van der Waals surface area contributed by atoms with Crippen molar-refractivity contribution in [2.24, 2.45) is 0 Å². The van der Waals surface area contributed by atoms with Crippen LogP contribution in [0.1, 0.15) is 21.8 Å². The third-order valence-corrected chi connectivity index (χ3v) is 3.24. The number of carbonyl (C=O) groups excluding carboxylic acids is 2. The van der Waals surface area contributed by atoms with Gasteiger partial charge in [-0.2, -0.15) is 0 Å². The fraction of sp³-hybridized carbons (Fsp3) is 0.214. The van der Waals surface area contributed by atoms with Gasteiger partial charge in [-0.05, 0) is 26.0 Å². The molecule has 0 saturated carbocycles. The number of aromatic nitrogens is 1. The van der Waals surface area contributed by atoms with Crippen LogP contribution >= 0.6 is 11.6 Å². The summed E-state index contributed by atoms with van der Waals surface area (Å²) in [6.45, 7) is 2.46. The van der Waals surface area contributed by atoms with Crippen LogP contribution in [0.25, 0.3) is 0 Å². The molecule has 24 heavy (non-hydrogen) atoms. The molecule has 1 heterocycles. The van der Waals surface area contributed by atoms with Crippen LogP contribution < -0.4 is 5.32 Å². The number of ether oxygens (including phenoxy) is 1. The minimum atomic E-state index is -0.776. The summed E-state index contributed by atoms with van der Waals surface area (Å²) in [6, 6.07) is 3.72. The molecule has 0 aliphatic carbocycles. The molecular weight excluding hydrogens is 342 g/mol. The van der Waals surface area contributed by atoms with Gasteiger partial charge in [-0.25, -0.2) is 4.79 Å². The molecule has 0 atom stereocenters. The highest BCUT2D eigenvalue weighted by Gasteiger charge is 2.21. The van der Waals surface area contributed by atoms with E-state index in [9.17, 15) is 19.7 Å². The molecule has 0 spiro atoms. The van der Waals surface area contributed by atoms with E-state index in [0.29, 0.717) is 5.69 Å². The largest absolute Gasteiger partial charge is 0.452 e. The highest BCUT2D eigenvalue weighted by atomic mass is 35.5. The molecule has 2 aromatic rings. The van der Waals surface area contributed by atoms with Crippen molar-refractivity contribution in [1.82, 2.24) is 5.16 Å². The fourth-order valence-electron chi connectivity index (χ4n) is 1.93. The molecule has 0 aliphatic heterocycles. The number of carbonyl (C=O) groups is 2. The van der Waals surface area contributed by atoms with Crippen LogP contribution in [-0.4, -0.2) is 28.6 Å². The zero-order valence-corrected chi connectivity index (χ0v) is 13.4. The highest BCUT2D eigenvalue weighted by molar-refractivity contribution is 6.31. The van der Waals surface area contributed by atoms with Crippen LogP contribution in [0.2, 0.25) is 5.02 Å². The van der Waals surface area contributed by atoms with Gasteiger partial charge < -0.3 is 14.6 Å². The number of nitro benzene ring substituents is 1. The first-order valence-corrected chi connectivity index (χ1v) is 7.01. The Labute approximate surface area is 140 Å². The first-order chi connectivity index (χ1) is 11.3. The maximum atomic E-state index is 11.9. The summed E-state index contributed by atoms with van der Waals surface area (Å²) in [5.74, 6) is -1.26. The zero-order chi connectivity index (χ0) is 17.9. The van der Waals surface area contributed by atoms with Gasteiger partial charge in [-0.1, -0.05) is 16.8 Å². The van der Waals surface area contributed by atoms with E-state index in [4.69, 9.17) is 20.9 Å². The van der Waals surface area contributed by atoms with Crippen LogP contribution in [0.3, 0.4) is 0 Å². The molecule has 0 radical (unpaired) electrons. The zero-order valence-electron chi connectivity index (χ0n) is 12.7. The Hall–Kier alpha value is -2.94. The Balaban J connectivity index is 2.03. The van der Waals surface area contributed by atoms with Crippen LogP contribution in [0, 0.1) is 24.0 Å². The Morgan fingerprint density at radius 3 is 2.71 bits per heavy atom. The second kappa shape index (κ2) is 7.09. The first-order valence-electron chi connectivity index (χ1n) is 6.63. The van der Waals surface area contributed by atoms with Gasteiger partial charge in [0, 0.05) is 11.1 Å². The molecule has 0 saturated heterocycles. The van der Waals surface area contributed by atoms with Crippen molar-refractivity contribution in [3.63, 3.8) is 0 Å². The summed E-state index contributed by atoms with van der Waals surface area (Å²) >= 11 is 5.76. The number of nitro groups is 1. The summed E-state index contributed by atoms with van der Waals surface area (Å²) < 4.78 is 9.69. The molecule has 9 nitrogen and oxygen atoms in total. The summed E-state index contributed by atoms with van der Waals surface area (Å²) in [5.41, 5.74) is 0.0515. The van der Waals surface area contributed by atoms with E-state index in [1.165, 1.54) is 19.1 Å². The number of esters is 1. The first kappa shape index (κ1) is 17.4. The number of amides is 1. The average Bonchev–Trinajstić information content (AvgIpc) is 2.83. The second-order valence-corrected chi connectivity index (χ2v) is 5.18. The topological polar surface area (TPSA) is 125 Å². The smallest absolute Gasteiger partial charge is 0.344 e. The van der Waals surface area contributed by atoms with E-state index >= 15 is 0 Å². The molecule has 0 fully saturated rings. The van der Waals surface area contributed by atoms with E-state index < -0.39 is 23.4 Å². The van der Waals surface area contributed by atoms with E-state index in [0.717, 1.165) is 6.07 Å². The fourth-order valence-corrected chi connectivity index (χ4v) is 2.10. The number of nitrogens with zero attached hydrogens (tertiary/aromatic N) is 2. The molecular formula is C14H12ClN3O6. The van der Waals surface area contributed by atoms with E-state index in [1.54, 1.807) is 6.92 Å². The Morgan fingerprint density at radius 2 is 2.12 bits per heavy atom. The monoisotopic (exact) mass is 353 g/mol.